The highest BCUT2D eigenvalue weighted by Gasteiger charge is 2.17. The lowest BCUT2D eigenvalue weighted by Gasteiger charge is -2.05. The van der Waals surface area contributed by atoms with Crippen molar-refractivity contribution in [3.63, 3.8) is 0 Å². The number of carbonyl (C=O) groups excluding carboxylic acids is 1. The average Bonchev–Trinajstić information content (AvgIpc) is 3.28. The van der Waals surface area contributed by atoms with Crippen molar-refractivity contribution in [2.45, 2.75) is 13.8 Å². The van der Waals surface area contributed by atoms with Crippen LogP contribution in [0.3, 0.4) is 0 Å². The van der Waals surface area contributed by atoms with Gasteiger partial charge in [-0.1, -0.05) is 41.0 Å². The van der Waals surface area contributed by atoms with E-state index in [0.29, 0.717) is 33.9 Å². The Morgan fingerprint density at radius 2 is 1.93 bits per heavy atom. The van der Waals surface area contributed by atoms with E-state index in [0.717, 1.165) is 5.56 Å². The second kappa shape index (κ2) is 7.24. The molecule has 8 nitrogen and oxygen atoms in total. The van der Waals surface area contributed by atoms with Gasteiger partial charge in [-0.25, -0.2) is 9.67 Å². The lowest BCUT2D eigenvalue weighted by atomic mass is 10.2. The number of nitrogens with zero attached hydrogens (tertiary/aromatic N) is 5. The van der Waals surface area contributed by atoms with Crippen LogP contribution in [0.25, 0.3) is 17.1 Å². The zero-order valence-corrected chi connectivity index (χ0v) is 15.8. The van der Waals surface area contributed by atoms with Crippen LogP contribution < -0.4 is 5.32 Å². The van der Waals surface area contributed by atoms with Crippen molar-refractivity contribution < 1.29 is 9.32 Å². The number of halogens is 1. The van der Waals surface area contributed by atoms with Gasteiger partial charge in [0.05, 0.1) is 10.7 Å². The lowest BCUT2D eigenvalue weighted by molar-refractivity contribution is 0.101. The van der Waals surface area contributed by atoms with Gasteiger partial charge in [0.2, 0.25) is 17.5 Å². The van der Waals surface area contributed by atoms with E-state index in [1.165, 1.54) is 4.68 Å². The van der Waals surface area contributed by atoms with Crippen molar-refractivity contribution in [1.29, 1.82) is 0 Å². The summed E-state index contributed by atoms with van der Waals surface area (Å²) in [7, 11) is 0. The van der Waals surface area contributed by atoms with Crippen molar-refractivity contribution in [2.75, 3.05) is 5.32 Å². The molecule has 0 aliphatic heterocycles. The fourth-order valence-corrected chi connectivity index (χ4v) is 2.89. The van der Waals surface area contributed by atoms with Gasteiger partial charge in [-0.05, 0) is 31.2 Å². The Morgan fingerprint density at radius 1 is 1.11 bits per heavy atom. The third-order valence-corrected chi connectivity index (χ3v) is 4.28. The number of anilines is 1. The minimum atomic E-state index is -0.435. The molecule has 0 bridgehead atoms. The zero-order chi connectivity index (χ0) is 19.7. The van der Waals surface area contributed by atoms with Crippen molar-refractivity contribution in [3.05, 3.63) is 71.1 Å². The van der Waals surface area contributed by atoms with E-state index in [9.17, 15) is 4.79 Å². The zero-order valence-electron chi connectivity index (χ0n) is 15.0. The Kier molecular flexibility index (Phi) is 4.62. The summed E-state index contributed by atoms with van der Waals surface area (Å²) in [5, 5.41) is 11.5. The van der Waals surface area contributed by atoms with E-state index < -0.39 is 5.91 Å². The topological polar surface area (TPSA) is 98.7 Å². The van der Waals surface area contributed by atoms with Crippen LogP contribution in [0.2, 0.25) is 5.02 Å². The predicted molar refractivity (Wildman–Crippen MR) is 104 cm³/mol. The summed E-state index contributed by atoms with van der Waals surface area (Å²) in [4.78, 5) is 21.1. The molecule has 0 spiro atoms. The van der Waals surface area contributed by atoms with Crippen molar-refractivity contribution >= 4 is 23.2 Å². The molecule has 2 heterocycles. The molecule has 28 heavy (non-hydrogen) atoms. The quantitative estimate of drug-likeness (QED) is 0.564. The van der Waals surface area contributed by atoms with Gasteiger partial charge in [-0.3, -0.25) is 4.79 Å². The molecular formula is C19H15ClN6O2. The maximum atomic E-state index is 12.6. The lowest BCUT2D eigenvalue weighted by Crippen LogP contribution is -2.14. The van der Waals surface area contributed by atoms with E-state index in [1.54, 1.807) is 38.1 Å². The van der Waals surface area contributed by atoms with E-state index in [2.05, 4.69) is 25.5 Å². The van der Waals surface area contributed by atoms with Crippen LogP contribution in [0.4, 0.5) is 5.69 Å². The van der Waals surface area contributed by atoms with Crippen molar-refractivity contribution in [1.82, 2.24) is 24.9 Å². The summed E-state index contributed by atoms with van der Waals surface area (Å²) in [6.45, 7) is 3.47. The summed E-state index contributed by atoms with van der Waals surface area (Å²) in [5.41, 5.74) is 1.94. The fraction of sp³-hybridized carbons (Fsp3) is 0.105. The van der Waals surface area contributed by atoms with Crippen LogP contribution in [-0.4, -0.2) is 30.8 Å². The Labute approximate surface area is 165 Å². The van der Waals surface area contributed by atoms with E-state index in [1.807, 2.05) is 24.3 Å². The molecule has 0 fully saturated rings. The molecule has 2 aromatic heterocycles. The van der Waals surface area contributed by atoms with E-state index in [-0.39, 0.29) is 5.82 Å². The predicted octanol–water partition coefficient (Wildman–Crippen LogP) is 3.84. The number of aryl methyl sites for hydroxylation is 2. The van der Waals surface area contributed by atoms with Gasteiger partial charge in [0.15, 0.2) is 0 Å². The number of hydrogen-bond acceptors (Lipinski definition) is 6. The summed E-state index contributed by atoms with van der Waals surface area (Å²) in [6.07, 6.45) is 0. The second-order valence-corrected chi connectivity index (χ2v) is 6.42. The van der Waals surface area contributed by atoms with Gasteiger partial charge in [-0.2, -0.15) is 4.98 Å². The highest BCUT2D eigenvalue weighted by Crippen LogP contribution is 2.22. The molecule has 2 aromatic carbocycles. The standard InChI is InChI=1S/C19H15ClN6O2/c1-11-21-18(24-26(11)16-9-4-3-8-15(16)20)19(27)23-14-7-5-6-13(10-14)17-22-12(2)28-25-17/h3-10H,1-2H3,(H,23,27). The summed E-state index contributed by atoms with van der Waals surface area (Å²) in [6, 6.07) is 14.3. The molecule has 1 amide bonds. The first-order valence-electron chi connectivity index (χ1n) is 8.42. The average molecular weight is 395 g/mol. The molecule has 0 aliphatic rings. The van der Waals surface area contributed by atoms with E-state index in [4.69, 9.17) is 16.1 Å². The van der Waals surface area contributed by atoms with Gasteiger partial charge in [0, 0.05) is 18.2 Å². The molecule has 0 radical (unpaired) electrons. The first-order chi connectivity index (χ1) is 13.5. The van der Waals surface area contributed by atoms with Gasteiger partial charge in [-0.15, -0.1) is 5.10 Å². The Bertz CT molecular complexity index is 1170. The Hall–Kier alpha value is -3.52. The van der Waals surface area contributed by atoms with Gasteiger partial charge < -0.3 is 9.84 Å². The SMILES string of the molecule is Cc1nc(-c2cccc(NC(=O)c3nc(C)n(-c4ccccc4Cl)n3)c2)no1. The molecule has 140 valence electrons. The molecular weight excluding hydrogens is 380 g/mol. The normalized spacial score (nSPS) is 10.8. The monoisotopic (exact) mass is 394 g/mol. The molecule has 4 aromatic rings. The number of hydrogen-bond donors (Lipinski definition) is 1. The van der Waals surface area contributed by atoms with Crippen LogP contribution in [0.15, 0.2) is 53.1 Å². The first kappa shape index (κ1) is 17.9. The van der Waals surface area contributed by atoms with Crippen molar-refractivity contribution in [3.8, 4) is 17.1 Å². The van der Waals surface area contributed by atoms with Gasteiger partial charge in [0.1, 0.15) is 5.82 Å². The summed E-state index contributed by atoms with van der Waals surface area (Å²) in [5.74, 6) is 1.07. The molecule has 0 aliphatic carbocycles. The highest BCUT2D eigenvalue weighted by atomic mass is 35.5. The number of carbonyl (C=O) groups is 1. The smallest absolute Gasteiger partial charge is 0.295 e. The minimum absolute atomic E-state index is 0.0400. The number of benzene rings is 2. The molecule has 1 N–H and O–H groups in total. The number of aromatic nitrogens is 5. The number of nitrogens with one attached hydrogen (secondary N) is 1. The molecule has 4 rings (SSSR count). The Morgan fingerprint density at radius 3 is 2.68 bits per heavy atom. The molecule has 0 saturated carbocycles. The Balaban J connectivity index is 1.58. The maximum Gasteiger partial charge on any atom is 0.295 e. The largest absolute Gasteiger partial charge is 0.339 e. The third-order valence-electron chi connectivity index (χ3n) is 3.96. The summed E-state index contributed by atoms with van der Waals surface area (Å²) < 4.78 is 6.53. The molecule has 0 unspecified atom stereocenters. The van der Waals surface area contributed by atoms with Crippen LogP contribution in [0.5, 0.6) is 0 Å². The van der Waals surface area contributed by atoms with Crippen molar-refractivity contribution in [2.24, 2.45) is 0 Å². The molecule has 0 atom stereocenters. The number of amides is 1. The maximum absolute atomic E-state index is 12.6. The third kappa shape index (κ3) is 3.49. The van der Waals surface area contributed by atoms with Crippen LogP contribution in [-0.2, 0) is 0 Å². The number of para-hydroxylation sites is 1. The number of rotatable bonds is 4. The van der Waals surface area contributed by atoms with E-state index >= 15 is 0 Å². The van der Waals surface area contributed by atoms with Crippen LogP contribution >= 0.6 is 11.6 Å². The van der Waals surface area contributed by atoms with Gasteiger partial charge in [0.25, 0.3) is 5.91 Å². The highest BCUT2D eigenvalue weighted by molar-refractivity contribution is 6.32. The van der Waals surface area contributed by atoms with Gasteiger partial charge >= 0.3 is 0 Å². The summed E-state index contributed by atoms with van der Waals surface area (Å²) >= 11 is 6.22. The molecule has 0 saturated heterocycles. The minimum Gasteiger partial charge on any atom is -0.339 e. The van der Waals surface area contributed by atoms with Crippen LogP contribution in [0, 0.1) is 13.8 Å². The molecule has 9 heteroatoms. The van der Waals surface area contributed by atoms with Crippen LogP contribution in [0.1, 0.15) is 22.3 Å². The fourth-order valence-electron chi connectivity index (χ4n) is 2.68. The second-order valence-electron chi connectivity index (χ2n) is 6.02. The first-order valence-corrected chi connectivity index (χ1v) is 8.80.